The third-order valence-corrected chi connectivity index (χ3v) is 7.26. The van der Waals surface area contributed by atoms with Gasteiger partial charge in [0, 0.05) is 12.5 Å². The maximum atomic E-state index is 12.6. The van der Waals surface area contributed by atoms with Crippen molar-refractivity contribution in [2.24, 2.45) is 11.3 Å². The Hall–Kier alpha value is -2.38. The van der Waals surface area contributed by atoms with Crippen molar-refractivity contribution < 1.29 is 13.2 Å². The van der Waals surface area contributed by atoms with Crippen molar-refractivity contribution in [2.45, 2.75) is 30.7 Å². The van der Waals surface area contributed by atoms with E-state index in [0.717, 1.165) is 37.9 Å². The summed E-state index contributed by atoms with van der Waals surface area (Å²) in [6.45, 7) is 2.26. The predicted octanol–water partition coefficient (Wildman–Crippen LogP) is 2.49. The lowest BCUT2D eigenvalue weighted by molar-refractivity contribution is -0.123. The molecule has 1 amide bonds. The van der Waals surface area contributed by atoms with Gasteiger partial charge < -0.3 is 10.6 Å². The highest BCUT2D eigenvalue weighted by atomic mass is 32.2. The Morgan fingerprint density at radius 3 is 2.46 bits per heavy atom. The summed E-state index contributed by atoms with van der Waals surface area (Å²) in [5, 5.41) is 6.35. The smallest absolute Gasteiger partial charge is 0.261 e. The minimum Gasteiger partial charge on any atom is -0.352 e. The van der Waals surface area contributed by atoms with E-state index in [-0.39, 0.29) is 22.1 Å². The Morgan fingerprint density at radius 2 is 1.71 bits per heavy atom. The molecule has 2 aromatic carbocycles. The van der Waals surface area contributed by atoms with Gasteiger partial charge in [-0.05, 0) is 61.5 Å². The fraction of sp³-hybridized carbons (Fsp3) is 0.381. The zero-order valence-corrected chi connectivity index (χ0v) is 16.5. The molecule has 1 spiro atoms. The molecule has 1 saturated heterocycles. The van der Waals surface area contributed by atoms with Crippen LogP contribution < -0.4 is 15.4 Å². The number of anilines is 1. The summed E-state index contributed by atoms with van der Waals surface area (Å²) in [5.41, 5.74) is 1.42. The van der Waals surface area contributed by atoms with E-state index >= 15 is 0 Å². The second-order valence-corrected chi connectivity index (χ2v) is 9.34. The van der Waals surface area contributed by atoms with Gasteiger partial charge >= 0.3 is 0 Å². The van der Waals surface area contributed by atoms with Crippen LogP contribution >= 0.6 is 0 Å². The van der Waals surface area contributed by atoms with Crippen molar-refractivity contribution in [1.29, 1.82) is 0 Å². The van der Waals surface area contributed by atoms with Crippen LogP contribution in [0.3, 0.4) is 0 Å². The molecule has 1 atom stereocenters. The molecule has 4 rings (SSSR count). The van der Waals surface area contributed by atoms with Gasteiger partial charge in [0.25, 0.3) is 10.0 Å². The molecule has 148 valence electrons. The third kappa shape index (κ3) is 3.91. The Balaban J connectivity index is 1.42. The second kappa shape index (κ2) is 7.56. The van der Waals surface area contributed by atoms with Crippen LogP contribution in [-0.2, 0) is 21.4 Å². The van der Waals surface area contributed by atoms with Crippen molar-refractivity contribution in [3.05, 3.63) is 60.2 Å². The normalized spacial score (nSPS) is 20.5. The van der Waals surface area contributed by atoms with Gasteiger partial charge in [0.15, 0.2) is 0 Å². The lowest BCUT2D eigenvalue weighted by Crippen LogP contribution is -2.33. The summed E-state index contributed by atoms with van der Waals surface area (Å²) in [6, 6.07) is 15.4. The van der Waals surface area contributed by atoms with E-state index < -0.39 is 10.0 Å². The van der Waals surface area contributed by atoms with Crippen LogP contribution in [0.25, 0.3) is 0 Å². The predicted molar refractivity (Wildman–Crippen MR) is 108 cm³/mol. The highest BCUT2D eigenvalue weighted by Crippen LogP contribution is 2.58. The lowest BCUT2D eigenvalue weighted by Gasteiger charge is -2.23. The van der Waals surface area contributed by atoms with Gasteiger partial charge in [-0.3, -0.25) is 9.52 Å². The standard InChI is InChI=1S/C21H25N3O3S/c25-20(18-14-21(18)10-12-22-13-11-21)23-15-16-6-4-5-9-19(16)24-28(26,27)17-7-2-1-3-8-17/h1-9,18,22,24H,10-15H2,(H,23,25). The molecule has 7 heteroatoms. The van der Waals surface area contributed by atoms with Gasteiger partial charge in [-0.1, -0.05) is 36.4 Å². The zero-order chi connectivity index (χ0) is 19.6. The molecule has 2 fully saturated rings. The van der Waals surface area contributed by atoms with E-state index in [9.17, 15) is 13.2 Å². The van der Waals surface area contributed by atoms with Crippen molar-refractivity contribution in [3.63, 3.8) is 0 Å². The number of hydrogen-bond donors (Lipinski definition) is 3. The fourth-order valence-corrected chi connectivity index (χ4v) is 5.20. The Labute approximate surface area is 165 Å². The van der Waals surface area contributed by atoms with Crippen molar-refractivity contribution in [1.82, 2.24) is 10.6 Å². The number of nitrogens with one attached hydrogen (secondary N) is 3. The molecule has 1 unspecified atom stereocenters. The molecule has 0 radical (unpaired) electrons. The first kappa shape index (κ1) is 19.0. The minimum atomic E-state index is -3.67. The van der Waals surface area contributed by atoms with Crippen molar-refractivity contribution in [3.8, 4) is 0 Å². The molecule has 1 saturated carbocycles. The van der Waals surface area contributed by atoms with Crippen LogP contribution in [0.15, 0.2) is 59.5 Å². The number of sulfonamides is 1. The lowest BCUT2D eigenvalue weighted by atomic mass is 9.92. The number of amides is 1. The van der Waals surface area contributed by atoms with Crippen LogP contribution in [0.2, 0.25) is 0 Å². The van der Waals surface area contributed by atoms with E-state index in [2.05, 4.69) is 15.4 Å². The highest BCUT2D eigenvalue weighted by molar-refractivity contribution is 7.92. The molecule has 3 N–H and O–H groups in total. The first-order valence-electron chi connectivity index (χ1n) is 9.64. The first-order chi connectivity index (χ1) is 13.5. The maximum absolute atomic E-state index is 12.6. The SMILES string of the molecule is O=C(NCc1ccccc1NS(=O)(=O)c1ccccc1)C1CC12CCNCC2. The zero-order valence-electron chi connectivity index (χ0n) is 15.6. The number of piperidine rings is 1. The van der Waals surface area contributed by atoms with Crippen molar-refractivity contribution in [2.75, 3.05) is 17.8 Å². The molecule has 1 aliphatic heterocycles. The first-order valence-corrected chi connectivity index (χ1v) is 11.1. The fourth-order valence-electron chi connectivity index (χ4n) is 4.08. The van der Waals surface area contributed by atoms with Crippen LogP contribution in [0.1, 0.15) is 24.8 Å². The summed E-state index contributed by atoms with van der Waals surface area (Å²) in [7, 11) is -3.67. The summed E-state index contributed by atoms with van der Waals surface area (Å²) < 4.78 is 27.9. The van der Waals surface area contributed by atoms with E-state index in [1.807, 2.05) is 12.1 Å². The molecule has 1 aliphatic carbocycles. The van der Waals surface area contributed by atoms with Crippen LogP contribution in [0.4, 0.5) is 5.69 Å². The van der Waals surface area contributed by atoms with E-state index in [4.69, 9.17) is 0 Å². The van der Waals surface area contributed by atoms with Gasteiger partial charge in [-0.15, -0.1) is 0 Å². The molecule has 2 aromatic rings. The topological polar surface area (TPSA) is 87.3 Å². The number of para-hydroxylation sites is 1. The largest absolute Gasteiger partial charge is 0.352 e. The molecule has 28 heavy (non-hydrogen) atoms. The Bertz CT molecular complexity index is 954. The maximum Gasteiger partial charge on any atom is 0.261 e. The van der Waals surface area contributed by atoms with Gasteiger partial charge in [-0.2, -0.15) is 0 Å². The molecule has 0 aromatic heterocycles. The molecular formula is C21H25N3O3S. The quantitative estimate of drug-likeness (QED) is 0.696. The average molecular weight is 400 g/mol. The number of hydrogen-bond acceptors (Lipinski definition) is 4. The summed E-state index contributed by atoms with van der Waals surface area (Å²) >= 11 is 0. The Kier molecular flexibility index (Phi) is 5.12. The van der Waals surface area contributed by atoms with E-state index in [1.54, 1.807) is 42.5 Å². The third-order valence-electron chi connectivity index (χ3n) is 5.87. The Morgan fingerprint density at radius 1 is 1.04 bits per heavy atom. The van der Waals surface area contributed by atoms with Gasteiger partial charge in [-0.25, -0.2) is 8.42 Å². The summed E-state index contributed by atoms with van der Waals surface area (Å²) in [6.07, 6.45) is 3.07. The minimum absolute atomic E-state index is 0.0719. The van der Waals surface area contributed by atoms with E-state index in [1.165, 1.54) is 0 Å². The van der Waals surface area contributed by atoms with Gasteiger partial charge in [0.1, 0.15) is 0 Å². The number of rotatable bonds is 6. The number of carbonyl (C=O) groups is 1. The molecule has 2 aliphatic rings. The monoisotopic (exact) mass is 399 g/mol. The van der Waals surface area contributed by atoms with Gasteiger partial charge in [0.2, 0.25) is 5.91 Å². The van der Waals surface area contributed by atoms with E-state index in [0.29, 0.717) is 12.2 Å². The molecule has 1 heterocycles. The van der Waals surface area contributed by atoms with Gasteiger partial charge in [0.05, 0.1) is 10.6 Å². The van der Waals surface area contributed by atoms with Crippen LogP contribution in [0, 0.1) is 11.3 Å². The molecule has 0 bridgehead atoms. The van der Waals surface area contributed by atoms with Crippen LogP contribution in [-0.4, -0.2) is 27.4 Å². The molecule has 6 nitrogen and oxygen atoms in total. The highest BCUT2D eigenvalue weighted by Gasteiger charge is 2.57. The second-order valence-electron chi connectivity index (χ2n) is 7.66. The van der Waals surface area contributed by atoms with Crippen molar-refractivity contribution >= 4 is 21.6 Å². The summed E-state index contributed by atoms with van der Waals surface area (Å²) in [4.78, 5) is 12.8. The summed E-state index contributed by atoms with van der Waals surface area (Å²) in [5.74, 6) is 0.158. The number of benzene rings is 2. The van der Waals surface area contributed by atoms with Crippen LogP contribution in [0.5, 0.6) is 0 Å². The average Bonchev–Trinajstić information content (AvgIpc) is 3.41. The molecular weight excluding hydrogens is 374 g/mol. The number of carbonyl (C=O) groups excluding carboxylic acids is 1.